The average molecular weight is 281 g/mol. The number of halogens is 1. The lowest BCUT2D eigenvalue weighted by atomic mass is 10.1. The van der Waals surface area contributed by atoms with Crippen molar-refractivity contribution in [2.75, 3.05) is 5.75 Å². The fourth-order valence-electron chi connectivity index (χ4n) is 1.23. The van der Waals surface area contributed by atoms with Crippen LogP contribution in [0.15, 0.2) is 23.1 Å². The molecule has 0 bridgehead atoms. The summed E-state index contributed by atoms with van der Waals surface area (Å²) in [6, 6.07) is 2.81. The highest BCUT2D eigenvalue weighted by Gasteiger charge is 2.21. The van der Waals surface area contributed by atoms with Crippen LogP contribution < -0.4 is 5.14 Å². The van der Waals surface area contributed by atoms with E-state index >= 15 is 0 Å². The molecule has 0 fully saturated rings. The zero-order chi connectivity index (χ0) is 13.2. The van der Waals surface area contributed by atoms with Gasteiger partial charge in [-0.15, -0.1) is 0 Å². The Hall–Kier alpha value is -0.670. The molecule has 2 atom stereocenters. The summed E-state index contributed by atoms with van der Waals surface area (Å²) in [4.78, 5) is -0.397. The van der Waals surface area contributed by atoms with Crippen molar-refractivity contribution < 1.29 is 23.0 Å². The van der Waals surface area contributed by atoms with Crippen molar-refractivity contribution in [2.24, 2.45) is 5.14 Å². The molecule has 5 nitrogen and oxygen atoms in total. The number of aliphatic hydroxyl groups excluding tert-OH is 2. The van der Waals surface area contributed by atoms with Gasteiger partial charge < -0.3 is 10.2 Å². The summed E-state index contributed by atoms with van der Waals surface area (Å²) >= 11 is 3.76. The topological polar surface area (TPSA) is 101 Å². The second-order valence-electron chi connectivity index (χ2n) is 3.42. The van der Waals surface area contributed by atoms with E-state index in [2.05, 4.69) is 12.6 Å². The van der Waals surface area contributed by atoms with Gasteiger partial charge in [0.25, 0.3) is 0 Å². The third kappa shape index (κ3) is 3.39. The number of sulfonamides is 1. The van der Waals surface area contributed by atoms with Crippen LogP contribution in [-0.4, -0.2) is 30.5 Å². The van der Waals surface area contributed by atoms with Crippen LogP contribution in [0.2, 0.25) is 0 Å². The molecule has 0 radical (unpaired) electrons. The second kappa shape index (κ2) is 5.32. The summed E-state index contributed by atoms with van der Waals surface area (Å²) < 4.78 is 35.4. The molecule has 0 aliphatic heterocycles. The molecular weight excluding hydrogens is 269 g/mol. The Bertz CT molecular complexity index is 506. The van der Waals surface area contributed by atoms with Gasteiger partial charge in [-0.25, -0.2) is 17.9 Å². The Balaban J connectivity index is 3.15. The maximum atomic E-state index is 13.5. The fourth-order valence-corrected chi connectivity index (χ4v) is 1.96. The van der Waals surface area contributed by atoms with E-state index in [1.54, 1.807) is 0 Å². The molecule has 4 N–H and O–H groups in total. The minimum Gasteiger partial charge on any atom is -0.389 e. The summed E-state index contributed by atoms with van der Waals surface area (Å²) in [7, 11) is -3.99. The first-order valence-corrected chi connectivity index (χ1v) is 6.74. The Morgan fingerprint density at radius 1 is 1.41 bits per heavy atom. The van der Waals surface area contributed by atoms with Crippen molar-refractivity contribution in [1.82, 2.24) is 0 Å². The molecule has 2 unspecified atom stereocenters. The van der Waals surface area contributed by atoms with E-state index < -0.39 is 32.9 Å². The fraction of sp³-hybridized carbons (Fsp3) is 0.333. The highest BCUT2D eigenvalue weighted by Crippen LogP contribution is 2.23. The monoisotopic (exact) mass is 281 g/mol. The van der Waals surface area contributed by atoms with Crippen LogP contribution in [-0.2, 0) is 10.0 Å². The molecule has 0 saturated carbocycles. The van der Waals surface area contributed by atoms with E-state index in [1.807, 2.05) is 0 Å². The Labute approximate surface area is 104 Å². The minimum atomic E-state index is -3.99. The SMILES string of the molecule is NS(=O)(=O)c1ccc(C(O)C(O)CS)c(F)c1. The summed E-state index contributed by atoms with van der Waals surface area (Å²) in [6.45, 7) is 0. The smallest absolute Gasteiger partial charge is 0.238 e. The molecule has 0 saturated heterocycles. The zero-order valence-corrected chi connectivity index (χ0v) is 10.3. The lowest BCUT2D eigenvalue weighted by molar-refractivity contribution is 0.0314. The first-order chi connectivity index (χ1) is 7.77. The van der Waals surface area contributed by atoms with Gasteiger partial charge in [0, 0.05) is 11.3 Å². The highest BCUT2D eigenvalue weighted by molar-refractivity contribution is 7.89. The average Bonchev–Trinajstić information content (AvgIpc) is 2.25. The minimum absolute atomic E-state index is 0.0580. The van der Waals surface area contributed by atoms with Crippen LogP contribution in [0.4, 0.5) is 4.39 Å². The molecule has 17 heavy (non-hydrogen) atoms. The van der Waals surface area contributed by atoms with E-state index in [1.165, 1.54) is 0 Å². The summed E-state index contributed by atoms with van der Waals surface area (Å²) in [5.41, 5.74) is -0.209. The van der Waals surface area contributed by atoms with Crippen molar-refractivity contribution in [3.63, 3.8) is 0 Å². The molecule has 0 aliphatic rings. The molecule has 0 aromatic heterocycles. The summed E-state index contributed by atoms with van der Waals surface area (Å²) in [5, 5.41) is 23.7. The van der Waals surface area contributed by atoms with Gasteiger partial charge in [-0.05, 0) is 12.1 Å². The van der Waals surface area contributed by atoms with Crippen LogP contribution in [0.1, 0.15) is 11.7 Å². The summed E-state index contributed by atoms with van der Waals surface area (Å²) in [6.07, 6.45) is -2.71. The number of thiol groups is 1. The second-order valence-corrected chi connectivity index (χ2v) is 5.35. The number of nitrogens with two attached hydrogens (primary N) is 1. The quantitative estimate of drug-likeness (QED) is 0.574. The Morgan fingerprint density at radius 2 is 2.00 bits per heavy atom. The van der Waals surface area contributed by atoms with Crippen molar-refractivity contribution in [2.45, 2.75) is 17.1 Å². The van der Waals surface area contributed by atoms with Crippen molar-refractivity contribution in [3.05, 3.63) is 29.6 Å². The van der Waals surface area contributed by atoms with E-state index in [0.29, 0.717) is 6.07 Å². The van der Waals surface area contributed by atoms with E-state index in [-0.39, 0.29) is 11.3 Å². The van der Waals surface area contributed by atoms with Gasteiger partial charge in [-0.3, -0.25) is 0 Å². The van der Waals surface area contributed by atoms with E-state index in [4.69, 9.17) is 5.14 Å². The Kier molecular flexibility index (Phi) is 4.50. The maximum Gasteiger partial charge on any atom is 0.238 e. The number of hydrogen-bond acceptors (Lipinski definition) is 5. The van der Waals surface area contributed by atoms with Crippen molar-refractivity contribution in [3.8, 4) is 0 Å². The number of rotatable bonds is 4. The van der Waals surface area contributed by atoms with Gasteiger partial charge in [0.15, 0.2) is 0 Å². The third-order valence-corrected chi connectivity index (χ3v) is 3.46. The first kappa shape index (κ1) is 14.4. The first-order valence-electron chi connectivity index (χ1n) is 4.56. The number of benzene rings is 1. The third-order valence-electron chi connectivity index (χ3n) is 2.17. The number of aliphatic hydroxyl groups is 2. The maximum absolute atomic E-state index is 13.5. The zero-order valence-electron chi connectivity index (χ0n) is 8.62. The number of primary sulfonamides is 1. The van der Waals surface area contributed by atoms with Crippen LogP contribution in [0.5, 0.6) is 0 Å². The van der Waals surface area contributed by atoms with Gasteiger partial charge in [-0.2, -0.15) is 12.6 Å². The van der Waals surface area contributed by atoms with Crippen molar-refractivity contribution in [1.29, 1.82) is 0 Å². The normalized spacial score (nSPS) is 15.6. The molecule has 96 valence electrons. The molecule has 0 amide bonds. The van der Waals surface area contributed by atoms with Gasteiger partial charge in [-0.1, -0.05) is 6.07 Å². The van der Waals surface area contributed by atoms with Gasteiger partial charge >= 0.3 is 0 Å². The predicted molar refractivity (Wildman–Crippen MR) is 62.6 cm³/mol. The lowest BCUT2D eigenvalue weighted by Crippen LogP contribution is -2.21. The predicted octanol–water partition coefficient (Wildman–Crippen LogP) is -0.203. The molecule has 1 aromatic carbocycles. The van der Waals surface area contributed by atoms with Crippen LogP contribution >= 0.6 is 12.6 Å². The molecule has 1 aromatic rings. The molecule has 0 aliphatic carbocycles. The van der Waals surface area contributed by atoms with E-state index in [0.717, 1.165) is 12.1 Å². The van der Waals surface area contributed by atoms with Gasteiger partial charge in [0.2, 0.25) is 10.0 Å². The highest BCUT2D eigenvalue weighted by atomic mass is 32.2. The molecule has 1 rings (SSSR count). The van der Waals surface area contributed by atoms with Crippen molar-refractivity contribution >= 4 is 22.7 Å². The van der Waals surface area contributed by atoms with Crippen LogP contribution in [0.25, 0.3) is 0 Å². The lowest BCUT2D eigenvalue weighted by Gasteiger charge is -2.17. The number of hydrogen-bond donors (Lipinski definition) is 4. The molecule has 8 heteroatoms. The summed E-state index contributed by atoms with van der Waals surface area (Å²) in [5.74, 6) is -1.01. The standard InChI is InChI=1S/C9H12FNO4S2/c10-7-3-5(17(11,14)15)1-2-6(7)9(13)8(12)4-16/h1-3,8-9,12-13,16H,4H2,(H2,11,14,15). The molecular formula is C9H12FNO4S2. The largest absolute Gasteiger partial charge is 0.389 e. The van der Waals surface area contributed by atoms with Gasteiger partial charge in [0.05, 0.1) is 11.0 Å². The van der Waals surface area contributed by atoms with Crippen LogP contribution in [0.3, 0.4) is 0 Å². The van der Waals surface area contributed by atoms with Gasteiger partial charge in [0.1, 0.15) is 11.9 Å². The van der Waals surface area contributed by atoms with Crippen LogP contribution in [0, 0.1) is 5.82 Å². The molecule has 0 heterocycles. The molecule has 0 spiro atoms. The van der Waals surface area contributed by atoms with E-state index in [9.17, 15) is 23.0 Å². The Morgan fingerprint density at radius 3 is 2.41 bits per heavy atom.